The highest BCUT2D eigenvalue weighted by atomic mass is 32.2. The van der Waals surface area contributed by atoms with Crippen LogP contribution in [0.5, 0.6) is 0 Å². The predicted molar refractivity (Wildman–Crippen MR) is 72.9 cm³/mol. The third-order valence-electron chi connectivity index (χ3n) is 2.95. The van der Waals surface area contributed by atoms with E-state index in [1.54, 1.807) is 12.1 Å². The SMILES string of the molecule is CS(=O)(=O)c1cccc(C(=O)NCCNC2CC2)c1. The van der Waals surface area contributed by atoms with Gasteiger partial charge in [0, 0.05) is 31.0 Å². The molecule has 1 saturated carbocycles. The van der Waals surface area contributed by atoms with Gasteiger partial charge in [-0.1, -0.05) is 6.07 Å². The van der Waals surface area contributed by atoms with Gasteiger partial charge in [-0.3, -0.25) is 4.79 Å². The summed E-state index contributed by atoms with van der Waals surface area (Å²) in [5.41, 5.74) is 0.370. The summed E-state index contributed by atoms with van der Waals surface area (Å²) in [4.78, 5) is 12.0. The highest BCUT2D eigenvalue weighted by molar-refractivity contribution is 7.90. The van der Waals surface area contributed by atoms with Gasteiger partial charge in [-0.2, -0.15) is 0 Å². The number of hydrogen-bond donors (Lipinski definition) is 2. The Morgan fingerprint density at radius 2 is 2.05 bits per heavy atom. The first-order chi connectivity index (χ1) is 8.97. The van der Waals surface area contributed by atoms with E-state index < -0.39 is 9.84 Å². The number of carbonyl (C=O) groups excluding carboxylic acids is 1. The van der Waals surface area contributed by atoms with Gasteiger partial charge in [0.05, 0.1) is 4.90 Å². The Balaban J connectivity index is 1.90. The molecule has 0 unspecified atom stereocenters. The molecule has 1 fully saturated rings. The number of hydrogen-bond acceptors (Lipinski definition) is 4. The lowest BCUT2D eigenvalue weighted by molar-refractivity contribution is 0.0953. The molecule has 6 heteroatoms. The summed E-state index contributed by atoms with van der Waals surface area (Å²) in [6.45, 7) is 1.28. The first-order valence-corrected chi connectivity index (χ1v) is 8.17. The molecule has 104 valence electrons. The zero-order valence-electron chi connectivity index (χ0n) is 10.8. The Bertz CT molecular complexity index is 565. The van der Waals surface area contributed by atoms with Gasteiger partial charge in [-0.25, -0.2) is 8.42 Å². The van der Waals surface area contributed by atoms with Crippen LogP contribution in [0.3, 0.4) is 0 Å². The quantitative estimate of drug-likeness (QED) is 0.748. The standard InChI is InChI=1S/C13H18N2O3S/c1-19(17,18)12-4-2-3-10(9-12)13(16)15-8-7-14-11-5-6-11/h2-4,9,11,14H,5-8H2,1H3,(H,15,16). The monoisotopic (exact) mass is 282 g/mol. The van der Waals surface area contributed by atoms with E-state index in [2.05, 4.69) is 10.6 Å². The van der Waals surface area contributed by atoms with E-state index in [0.717, 1.165) is 12.8 Å². The zero-order chi connectivity index (χ0) is 13.9. The summed E-state index contributed by atoms with van der Waals surface area (Å²) < 4.78 is 22.8. The van der Waals surface area contributed by atoms with Crippen LogP contribution in [0.15, 0.2) is 29.2 Å². The van der Waals surface area contributed by atoms with Crippen molar-refractivity contribution in [3.63, 3.8) is 0 Å². The minimum atomic E-state index is -3.28. The average Bonchev–Trinajstić information content (AvgIpc) is 3.17. The summed E-state index contributed by atoms with van der Waals surface area (Å²) in [6, 6.07) is 6.69. The Morgan fingerprint density at radius 1 is 1.32 bits per heavy atom. The molecule has 0 aromatic heterocycles. The Labute approximate surface area is 113 Å². The summed E-state index contributed by atoms with van der Waals surface area (Å²) >= 11 is 0. The van der Waals surface area contributed by atoms with Crippen molar-refractivity contribution in [2.75, 3.05) is 19.3 Å². The van der Waals surface area contributed by atoms with Gasteiger partial charge in [0.1, 0.15) is 0 Å². The number of benzene rings is 1. The van der Waals surface area contributed by atoms with Gasteiger partial charge < -0.3 is 10.6 Å². The van der Waals surface area contributed by atoms with Gasteiger partial charge >= 0.3 is 0 Å². The Hall–Kier alpha value is -1.40. The topological polar surface area (TPSA) is 75.3 Å². The summed E-state index contributed by atoms with van der Waals surface area (Å²) in [6.07, 6.45) is 3.55. The van der Waals surface area contributed by atoms with Crippen molar-refractivity contribution in [1.82, 2.24) is 10.6 Å². The molecule has 5 nitrogen and oxygen atoms in total. The summed E-state index contributed by atoms with van der Waals surface area (Å²) in [5.74, 6) is -0.247. The largest absolute Gasteiger partial charge is 0.351 e. The van der Waals surface area contributed by atoms with E-state index in [4.69, 9.17) is 0 Å². The van der Waals surface area contributed by atoms with Crippen molar-refractivity contribution in [2.24, 2.45) is 0 Å². The van der Waals surface area contributed by atoms with E-state index in [9.17, 15) is 13.2 Å². The number of carbonyl (C=O) groups is 1. The molecule has 2 rings (SSSR count). The van der Waals surface area contributed by atoms with Gasteiger partial charge in [-0.05, 0) is 31.0 Å². The molecule has 1 aliphatic carbocycles. The van der Waals surface area contributed by atoms with E-state index in [1.165, 1.54) is 25.0 Å². The molecular weight excluding hydrogens is 264 g/mol. The van der Waals surface area contributed by atoms with Crippen LogP contribution < -0.4 is 10.6 Å². The van der Waals surface area contributed by atoms with Crippen molar-refractivity contribution in [3.8, 4) is 0 Å². The predicted octanol–water partition coefficient (Wildman–Crippen LogP) is 0.572. The Kier molecular flexibility index (Phi) is 4.21. The van der Waals surface area contributed by atoms with Gasteiger partial charge in [0.15, 0.2) is 9.84 Å². The molecule has 1 amide bonds. The number of rotatable bonds is 6. The van der Waals surface area contributed by atoms with Gasteiger partial charge in [-0.15, -0.1) is 0 Å². The lowest BCUT2D eigenvalue weighted by atomic mass is 10.2. The van der Waals surface area contributed by atoms with Crippen LogP contribution in [0.4, 0.5) is 0 Å². The van der Waals surface area contributed by atoms with E-state index >= 15 is 0 Å². The maximum absolute atomic E-state index is 11.9. The fraction of sp³-hybridized carbons (Fsp3) is 0.462. The summed E-state index contributed by atoms with van der Waals surface area (Å²) in [7, 11) is -3.28. The molecule has 0 radical (unpaired) electrons. The minimum Gasteiger partial charge on any atom is -0.351 e. The summed E-state index contributed by atoms with van der Waals surface area (Å²) in [5, 5.41) is 6.05. The van der Waals surface area contributed by atoms with Crippen molar-refractivity contribution in [3.05, 3.63) is 29.8 Å². The van der Waals surface area contributed by atoms with E-state index in [-0.39, 0.29) is 10.8 Å². The molecule has 1 aromatic carbocycles. The first kappa shape index (κ1) is 14.0. The Morgan fingerprint density at radius 3 is 2.68 bits per heavy atom. The van der Waals surface area contributed by atoms with Crippen LogP contribution in [0.1, 0.15) is 23.2 Å². The molecular formula is C13H18N2O3S. The second-order valence-corrected chi connectivity index (χ2v) is 6.80. The smallest absolute Gasteiger partial charge is 0.251 e. The minimum absolute atomic E-state index is 0.163. The van der Waals surface area contributed by atoms with Crippen LogP contribution >= 0.6 is 0 Å². The first-order valence-electron chi connectivity index (χ1n) is 6.28. The molecule has 1 aromatic rings. The highest BCUT2D eigenvalue weighted by Crippen LogP contribution is 2.17. The van der Waals surface area contributed by atoms with Gasteiger partial charge in [0.2, 0.25) is 0 Å². The lowest BCUT2D eigenvalue weighted by Crippen LogP contribution is -2.32. The number of amides is 1. The molecule has 0 aliphatic heterocycles. The molecule has 0 bridgehead atoms. The molecule has 0 saturated heterocycles. The number of sulfone groups is 1. The maximum Gasteiger partial charge on any atom is 0.251 e. The van der Waals surface area contributed by atoms with E-state index in [0.29, 0.717) is 18.2 Å². The van der Waals surface area contributed by atoms with Crippen LogP contribution in [0, 0.1) is 0 Å². The van der Waals surface area contributed by atoms with Crippen molar-refractivity contribution >= 4 is 15.7 Å². The van der Waals surface area contributed by atoms with Crippen LogP contribution in [0.25, 0.3) is 0 Å². The lowest BCUT2D eigenvalue weighted by Gasteiger charge is -2.07. The normalized spacial score (nSPS) is 15.2. The van der Waals surface area contributed by atoms with Crippen molar-refractivity contribution < 1.29 is 13.2 Å². The van der Waals surface area contributed by atoms with Crippen molar-refractivity contribution in [1.29, 1.82) is 0 Å². The maximum atomic E-state index is 11.9. The number of nitrogens with one attached hydrogen (secondary N) is 2. The third-order valence-corrected chi connectivity index (χ3v) is 4.06. The average molecular weight is 282 g/mol. The molecule has 0 atom stereocenters. The van der Waals surface area contributed by atoms with Crippen LogP contribution in [0.2, 0.25) is 0 Å². The molecule has 2 N–H and O–H groups in total. The third kappa shape index (κ3) is 4.33. The van der Waals surface area contributed by atoms with Gasteiger partial charge in [0.25, 0.3) is 5.91 Å². The molecule has 0 heterocycles. The van der Waals surface area contributed by atoms with Crippen molar-refractivity contribution in [2.45, 2.75) is 23.8 Å². The van der Waals surface area contributed by atoms with Crippen LogP contribution in [-0.2, 0) is 9.84 Å². The second kappa shape index (κ2) is 5.71. The zero-order valence-corrected chi connectivity index (χ0v) is 11.7. The van der Waals surface area contributed by atoms with Crippen LogP contribution in [-0.4, -0.2) is 39.7 Å². The fourth-order valence-electron chi connectivity index (χ4n) is 1.71. The fourth-order valence-corrected chi connectivity index (χ4v) is 2.38. The second-order valence-electron chi connectivity index (χ2n) is 4.78. The highest BCUT2D eigenvalue weighted by Gasteiger charge is 2.19. The van der Waals surface area contributed by atoms with E-state index in [1.807, 2.05) is 0 Å². The molecule has 19 heavy (non-hydrogen) atoms. The molecule has 0 spiro atoms. The molecule has 1 aliphatic rings.